The largest absolute Gasteiger partial charge is 0.481 e. The third-order valence-electron chi connectivity index (χ3n) is 4.08. The Morgan fingerprint density at radius 2 is 1.83 bits per heavy atom. The number of hydrogen-bond acceptors (Lipinski definition) is 3. The number of likely N-dealkylation sites (N-methyl/N-ethyl adjacent to an activating group) is 1. The molecule has 0 spiro atoms. The highest BCUT2D eigenvalue weighted by atomic mass is 16.4. The van der Waals surface area contributed by atoms with Gasteiger partial charge in [-0.25, -0.2) is 0 Å². The fraction of sp³-hybridized carbons (Fsp3) is 0.846. The standard InChI is InChI=1S/C13H24N2O3/c1-13(2,15(3)4)8-14-11(16)9-6-5-7-10(9)12(17)18/h9-10H,5-8H2,1-4H3,(H,14,16)(H,17,18)/t9-,10+/m1/s1. The Morgan fingerprint density at radius 3 is 2.33 bits per heavy atom. The van der Waals surface area contributed by atoms with Crippen LogP contribution in [0.25, 0.3) is 0 Å². The second-order valence-electron chi connectivity index (χ2n) is 5.91. The van der Waals surface area contributed by atoms with Gasteiger partial charge in [0.05, 0.1) is 11.8 Å². The summed E-state index contributed by atoms with van der Waals surface area (Å²) in [7, 11) is 3.92. The molecule has 1 rings (SSSR count). The van der Waals surface area contributed by atoms with Crippen molar-refractivity contribution in [3.8, 4) is 0 Å². The zero-order chi connectivity index (χ0) is 13.9. The minimum absolute atomic E-state index is 0.116. The average molecular weight is 256 g/mol. The number of hydrogen-bond donors (Lipinski definition) is 2. The summed E-state index contributed by atoms with van der Waals surface area (Å²) in [5.41, 5.74) is -0.132. The molecule has 0 radical (unpaired) electrons. The van der Waals surface area contributed by atoms with Crippen LogP contribution in [-0.2, 0) is 9.59 Å². The number of aliphatic carboxylic acids is 1. The van der Waals surface area contributed by atoms with E-state index in [-0.39, 0.29) is 17.4 Å². The van der Waals surface area contributed by atoms with Crippen molar-refractivity contribution in [2.24, 2.45) is 11.8 Å². The van der Waals surface area contributed by atoms with Crippen LogP contribution in [0.5, 0.6) is 0 Å². The number of nitrogens with zero attached hydrogens (tertiary/aromatic N) is 1. The van der Waals surface area contributed by atoms with Crippen molar-refractivity contribution in [3.05, 3.63) is 0 Å². The molecule has 0 heterocycles. The van der Waals surface area contributed by atoms with Gasteiger partial charge < -0.3 is 15.3 Å². The Morgan fingerprint density at radius 1 is 1.28 bits per heavy atom. The molecule has 1 amide bonds. The van der Waals surface area contributed by atoms with E-state index in [2.05, 4.69) is 5.32 Å². The molecule has 0 aromatic rings. The molecule has 0 aliphatic heterocycles. The molecular formula is C13H24N2O3. The van der Waals surface area contributed by atoms with Gasteiger partial charge in [-0.3, -0.25) is 9.59 Å². The van der Waals surface area contributed by atoms with Gasteiger partial charge in [-0.2, -0.15) is 0 Å². The molecule has 0 bridgehead atoms. The Balaban J connectivity index is 2.53. The monoisotopic (exact) mass is 256 g/mol. The number of rotatable bonds is 5. The molecule has 1 fully saturated rings. The summed E-state index contributed by atoms with van der Waals surface area (Å²) >= 11 is 0. The van der Waals surface area contributed by atoms with Crippen LogP contribution in [-0.4, -0.2) is 48.1 Å². The van der Waals surface area contributed by atoms with E-state index in [4.69, 9.17) is 5.11 Å². The first kappa shape index (κ1) is 15.0. The third-order valence-corrected chi connectivity index (χ3v) is 4.08. The Labute approximate surface area is 109 Å². The van der Waals surface area contributed by atoms with Crippen molar-refractivity contribution >= 4 is 11.9 Å². The van der Waals surface area contributed by atoms with Gasteiger partial charge in [-0.05, 0) is 40.8 Å². The molecule has 2 atom stereocenters. The lowest BCUT2D eigenvalue weighted by atomic mass is 9.95. The van der Waals surface area contributed by atoms with Gasteiger partial charge in [0.15, 0.2) is 0 Å². The van der Waals surface area contributed by atoms with Crippen molar-refractivity contribution in [1.29, 1.82) is 0 Å². The van der Waals surface area contributed by atoms with E-state index in [9.17, 15) is 9.59 Å². The second kappa shape index (κ2) is 5.69. The summed E-state index contributed by atoms with van der Waals surface area (Å²) in [6, 6.07) is 0. The van der Waals surface area contributed by atoms with E-state index in [1.165, 1.54) is 0 Å². The van der Waals surface area contributed by atoms with E-state index in [0.717, 1.165) is 6.42 Å². The topological polar surface area (TPSA) is 69.6 Å². The van der Waals surface area contributed by atoms with Crippen LogP contribution in [0.1, 0.15) is 33.1 Å². The highest BCUT2D eigenvalue weighted by molar-refractivity contribution is 5.85. The summed E-state index contributed by atoms with van der Waals surface area (Å²) in [6.45, 7) is 4.61. The van der Waals surface area contributed by atoms with Crippen LogP contribution in [0.4, 0.5) is 0 Å². The first-order valence-corrected chi connectivity index (χ1v) is 6.43. The smallest absolute Gasteiger partial charge is 0.307 e. The van der Waals surface area contributed by atoms with Gasteiger partial charge in [-0.15, -0.1) is 0 Å². The Hall–Kier alpha value is -1.10. The van der Waals surface area contributed by atoms with Gasteiger partial charge >= 0.3 is 5.97 Å². The van der Waals surface area contributed by atoms with Crippen molar-refractivity contribution < 1.29 is 14.7 Å². The highest BCUT2D eigenvalue weighted by Gasteiger charge is 2.38. The van der Waals surface area contributed by atoms with Crippen LogP contribution in [0.3, 0.4) is 0 Å². The lowest BCUT2D eigenvalue weighted by Crippen LogP contribution is -2.49. The maximum Gasteiger partial charge on any atom is 0.307 e. The highest BCUT2D eigenvalue weighted by Crippen LogP contribution is 2.32. The molecule has 0 saturated heterocycles. The molecule has 1 aliphatic carbocycles. The minimum atomic E-state index is -0.848. The number of carboxylic acids is 1. The third kappa shape index (κ3) is 3.45. The van der Waals surface area contributed by atoms with Crippen LogP contribution in [0, 0.1) is 11.8 Å². The number of carbonyl (C=O) groups is 2. The molecule has 1 aliphatic rings. The number of carbonyl (C=O) groups excluding carboxylic acids is 1. The quantitative estimate of drug-likeness (QED) is 0.768. The molecule has 0 unspecified atom stereocenters. The molecule has 2 N–H and O–H groups in total. The van der Waals surface area contributed by atoms with Crippen molar-refractivity contribution in [2.75, 3.05) is 20.6 Å². The fourth-order valence-electron chi connectivity index (χ4n) is 2.16. The predicted molar refractivity (Wildman–Crippen MR) is 69.2 cm³/mol. The van der Waals surface area contributed by atoms with Crippen LogP contribution in [0.15, 0.2) is 0 Å². The van der Waals surface area contributed by atoms with Crippen LogP contribution >= 0.6 is 0 Å². The summed E-state index contributed by atoms with van der Waals surface area (Å²) < 4.78 is 0. The lowest BCUT2D eigenvalue weighted by molar-refractivity contribution is -0.146. The summed E-state index contributed by atoms with van der Waals surface area (Å²) in [4.78, 5) is 25.1. The van der Waals surface area contributed by atoms with E-state index in [1.807, 2.05) is 32.8 Å². The zero-order valence-corrected chi connectivity index (χ0v) is 11.7. The molecule has 1 saturated carbocycles. The lowest BCUT2D eigenvalue weighted by Gasteiger charge is -2.33. The van der Waals surface area contributed by atoms with E-state index < -0.39 is 11.9 Å². The first-order chi connectivity index (χ1) is 8.25. The number of nitrogens with one attached hydrogen (secondary N) is 1. The average Bonchev–Trinajstić information content (AvgIpc) is 2.74. The molecule has 104 valence electrons. The summed E-state index contributed by atoms with van der Waals surface area (Å²) in [5, 5.41) is 11.9. The molecule has 0 aromatic heterocycles. The fourth-order valence-corrected chi connectivity index (χ4v) is 2.16. The van der Waals surface area contributed by atoms with Crippen LogP contribution < -0.4 is 5.32 Å². The summed E-state index contributed by atoms with van der Waals surface area (Å²) in [6.07, 6.45) is 2.13. The first-order valence-electron chi connectivity index (χ1n) is 6.43. The normalized spacial score (nSPS) is 24.3. The van der Waals surface area contributed by atoms with Crippen LogP contribution in [0.2, 0.25) is 0 Å². The van der Waals surface area contributed by atoms with Gasteiger partial charge in [0.25, 0.3) is 0 Å². The van der Waals surface area contributed by atoms with Gasteiger partial charge in [0.1, 0.15) is 0 Å². The van der Waals surface area contributed by atoms with Gasteiger partial charge in [-0.1, -0.05) is 6.42 Å². The zero-order valence-electron chi connectivity index (χ0n) is 11.7. The SMILES string of the molecule is CN(C)C(C)(C)CNC(=O)[C@@H]1CCC[C@@H]1C(=O)O. The van der Waals surface area contributed by atoms with Gasteiger partial charge in [0, 0.05) is 12.1 Å². The maximum atomic E-state index is 12.0. The maximum absolute atomic E-state index is 12.0. The van der Waals surface area contributed by atoms with E-state index in [1.54, 1.807) is 0 Å². The van der Waals surface area contributed by atoms with E-state index in [0.29, 0.717) is 19.4 Å². The Bertz CT molecular complexity index is 326. The second-order valence-corrected chi connectivity index (χ2v) is 5.91. The minimum Gasteiger partial charge on any atom is -0.481 e. The van der Waals surface area contributed by atoms with Gasteiger partial charge in [0.2, 0.25) is 5.91 Å². The van der Waals surface area contributed by atoms with E-state index >= 15 is 0 Å². The van der Waals surface area contributed by atoms with Crippen molar-refractivity contribution in [3.63, 3.8) is 0 Å². The predicted octanol–water partition coefficient (Wildman–Crippen LogP) is 0.944. The molecule has 0 aromatic carbocycles. The number of carboxylic acid groups (broad SMARTS) is 1. The van der Waals surface area contributed by atoms with Crippen molar-refractivity contribution in [1.82, 2.24) is 10.2 Å². The number of amides is 1. The Kier molecular flexibility index (Phi) is 4.73. The summed E-state index contributed by atoms with van der Waals surface area (Å²) in [5.74, 6) is -1.83. The molecule has 18 heavy (non-hydrogen) atoms. The molecule has 5 heteroatoms. The molecular weight excluding hydrogens is 232 g/mol. The molecule has 5 nitrogen and oxygen atoms in total. The van der Waals surface area contributed by atoms with Crippen molar-refractivity contribution in [2.45, 2.75) is 38.6 Å².